The molecule has 1 unspecified atom stereocenters. The van der Waals surface area contributed by atoms with Gasteiger partial charge in [-0.25, -0.2) is 9.78 Å². The van der Waals surface area contributed by atoms with E-state index in [9.17, 15) is 9.90 Å². The third-order valence-corrected chi connectivity index (χ3v) is 5.35. The molecule has 0 saturated carbocycles. The van der Waals surface area contributed by atoms with Gasteiger partial charge in [0.1, 0.15) is 5.60 Å². The van der Waals surface area contributed by atoms with Crippen molar-refractivity contribution in [2.24, 2.45) is 0 Å². The summed E-state index contributed by atoms with van der Waals surface area (Å²) in [4.78, 5) is 19.6. The number of anilines is 1. The van der Waals surface area contributed by atoms with Crippen molar-refractivity contribution in [3.05, 3.63) is 82.0 Å². The second-order valence-corrected chi connectivity index (χ2v) is 6.94. The lowest BCUT2D eigenvalue weighted by Crippen LogP contribution is -2.27. The largest absolute Gasteiger partial charge is 0.453 e. The lowest BCUT2D eigenvalue weighted by Gasteiger charge is -2.28. The molecule has 4 aromatic rings. The number of carbonyl (C=O) groups is 1. The smallest absolute Gasteiger partial charge is 0.413 e. The van der Waals surface area contributed by atoms with Crippen LogP contribution in [0.25, 0.3) is 11.0 Å². The first-order valence-corrected chi connectivity index (χ1v) is 9.16. The van der Waals surface area contributed by atoms with Gasteiger partial charge in [0.05, 0.1) is 18.1 Å². The van der Waals surface area contributed by atoms with Crippen LogP contribution in [0.3, 0.4) is 0 Å². The monoisotopic (exact) mass is 379 g/mol. The topological polar surface area (TPSA) is 87.2 Å². The van der Waals surface area contributed by atoms with Crippen molar-refractivity contribution in [2.45, 2.75) is 5.60 Å². The van der Waals surface area contributed by atoms with E-state index < -0.39 is 11.7 Å². The summed E-state index contributed by atoms with van der Waals surface area (Å²) < 4.78 is 4.59. The molecule has 0 fully saturated rings. The average Bonchev–Trinajstić information content (AvgIpc) is 3.37. The number of hydrogen-bond acceptors (Lipinski definition) is 5. The first-order valence-electron chi connectivity index (χ1n) is 8.28. The van der Waals surface area contributed by atoms with E-state index in [1.807, 2.05) is 66.0 Å². The molecule has 27 heavy (non-hydrogen) atoms. The number of ether oxygens (including phenoxy) is 1. The van der Waals surface area contributed by atoms with E-state index in [1.54, 1.807) is 0 Å². The van der Waals surface area contributed by atoms with Crippen molar-refractivity contribution < 1.29 is 14.6 Å². The lowest BCUT2D eigenvalue weighted by atomic mass is 9.85. The summed E-state index contributed by atoms with van der Waals surface area (Å²) in [5.41, 5.74) is 1.57. The number of methoxy groups -OCH3 is 1. The fourth-order valence-electron chi connectivity index (χ4n) is 3.06. The molecule has 2 aromatic carbocycles. The molecule has 2 aromatic heterocycles. The van der Waals surface area contributed by atoms with Crippen molar-refractivity contribution in [1.82, 2.24) is 9.97 Å². The van der Waals surface area contributed by atoms with Gasteiger partial charge in [0.2, 0.25) is 5.95 Å². The van der Waals surface area contributed by atoms with Crippen LogP contribution in [0, 0.1) is 0 Å². The van der Waals surface area contributed by atoms with Gasteiger partial charge in [-0.05, 0) is 34.7 Å². The summed E-state index contributed by atoms with van der Waals surface area (Å²) in [6.45, 7) is 0. The molecule has 1 amide bonds. The van der Waals surface area contributed by atoms with E-state index in [-0.39, 0.29) is 5.95 Å². The molecule has 6 nitrogen and oxygen atoms in total. The van der Waals surface area contributed by atoms with Crippen LogP contribution in [0.4, 0.5) is 10.7 Å². The number of nitrogens with zero attached hydrogens (tertiary/aromatic N) is 1. The van der Waals surface area contributed by atoms with Crippen LogP contribution in [-0.4, -0.2) is 28.3 Å². The first kappa shape index (κ1) is 17.3. The number of thiophene rings is 1. The molecule has 0 bridgehead atoms. The van der Waals surface area contributed by atoms with E-state index >= 15 is 0 Å². The van der Waals surface area contributed by atoms with E-state index in [4.69, 9.17) is 0 Å². The number of rotatable bonds is 4. The van der Waals surface area contributed by atoms with Crippen LogP contribution in [0.5, 0.6) is 0 Å². The molecule has 4 rings (SSSR count). The zero-order valence-electron chi connectivity index (χ0n) is 14.5. The predicted molar refractivity (Wildman–Crippen MR) is 105 cm³/mol. The summed E-state index contributed by atoms with van der Waals surface area (Å²) in [5.74, 6) is 0.286. The highest BCUT2D eigenvalue weighted by atomic mass is 32.1. The Balaban J connectivity index is 1.83. The number of aromatic amines is 1. The first-order chi connectivity index (χ1) is 13.1. The standard InChI is InChI=1S/C20H17N3O3S/c1-26-19(24)23-18-21-15-10-9-14(12-16(15)22-18)20(25,17-8-5-11-27-17)13-6-3-2-4-7-13/h2-12,25H,1H3,(H2,21,22,23,24). The Morgan fingerprint density at radius 3 is 2.67 bits per heavy atom. The SMILES string of the molecule is COC(=O)Nc1nc2ccc(C(O)(c3ccccc3)c3cccs3)cc2[nH]1. The van der Waals surface area contributed by atoms with Gasteiger partial charge in [-0.2, -0.15) is 0 Å². The van der Waals surface area contributed by atoms with Crippen LogP contribution in [0.1, 0.15) is 16.0 Å². The molecule has 7 heteroatoms. The summed E-state index contributed by atoms with van der Waals surface area (Å²) in [6.07, 6.45) is -0.603. The van der Waals surface area contributed by atoms with Crippen LogP contribution < -0.4 is 5.32 Å². The van der Waals surface area contributed by atoms with Crippen LogP contribution in [0.2, 0.25) is 0 Å². The van der Waals surface area contributed by atoms with Crippen molar-refractivity contribution >= 4 is 34.4 Å². The normalized spacial score (nSPS) is 13.3. The summed E-state index contributed by atoms with van der Waals surface area (Å²) >= 11 is 1.49. The van der Waals surface area contributed by atoms with E-state index in [2.05, 4.69) is 20.0 Å². The van der Waals surface area contributed by atoms with E-state index in [0.717, 1.165) is 10.4 Å². The molecule has 2 heterocycles. The summed E-state index contributed by atoms with van der Waals surface area (Å²) in [6, 6.07) is 18.9. The Labute approximate surface area is 159 Å². The quantitative estimate of drug-likeness (QED) is 0.498. The molecule has 1 atom stereocenters. The third-order valence-electron chi connectivity index (χ3n) is 4.37. The van der Waals surface area contributed by atoms with Crippen LogP contribution >= 0.6 is 11.3 Å². The van der Waals surface area contributed by atoms with Crippen molar-refractivity contribution in [3.63, 3.8) is 0 Å². The van der Waals surface area contributed by atoms with Crippen LogP contribution in [-0.2, 0) is 10.3 Å². The molecule has 0 spiro atoms. The number of H-pyrrole nitrogens is 1. The van der Waals surface area contributed by atoms with Gasteiger partial charge in [0.25, 0.3) is 0 Å². The number of aliphatic hydroxyl groups is 1. The molecular weight excluding hydrogens is 362 g/mol. The number of imidazole rings is 1. The number of nitrogens with one attached hydrogen (secondary N) is 2. The zero-order valence-corrected chi connectivity index (χ0v) is 15.3. The molecule has 3 N–H and O–H groups in total. The Bertz CT molecular complexity index is 1080. The molecule has 0 aliphatic carbocycles. The van der Waals surface area contributed by atoms with Crippen LogP contribution in [0.15, 0.2) is 66.0 Å². The maximum absolute atomic E-state index is 11.8. The van der Waals surface area contributed by atoms with Gasteiger partial charge < -0.3 is 14.8 Å². The Kier molecular flexibility index (Phi) is 4.39. The number of benzene rings is 2. The summed E-state index contributed by atoms with van der Waals surface area (Å²) in [5, 5.41) is 16.2. The number of fused-ring (bicyclic) bond motifs is 1. The molecular formula is C20H17N3O3S. The highest BCUT2D eigenvalue weighted by molar-refractivity contribution is 7.10. The lowest BCUT2D eigenvalue weighted by molar-refractivity contribution is 0.130. The van der Waals surface area contributed by atoms with Gasteiger partial charge >= 0.3 is 6.09 Å². The Morgan fingerprint density at radius 2 is 1.96 bits per heavy atom. The average molecular weight is 379 g/mol. The Morgan fingerprint density at radius 1 is 1.15 bits per heavy atom. The van der Waals surface area contributed by atoms with Crippen molar-refractivity contribution in [1.29, 1.82) is 0 Å². The van der Waals surface area contributed by atoms with Crippen molar-refractivity contribution in [2.75, 3.05) is 12.4 Å². The minimum Gasteiger partial charge on any atom is -0.453 e. The third kappa shape index (κ3) is 3.07. The fourth-order valence-corrected chi connectivity index (χ4v) is 3.92. The summed E-state index contributed by atoms with van der Waals surface area (Å²) in [7, 11) is 1.29. The highest BCUT2D eigenvalue weighted by Gasteiger charge is 2.35. The Hall–Kier alpha value is -3.16. The second-order valence-electron chi connectivity index (χ2n) is 5.99. The van der Waals surface area contributed by atoms with Gasteiger partial charge in [-0.15, -0.1) is 11.3 Å². The minimum absolute atomic E-state index is 0.286. The maximum atomic E-state index is 11.8. The van der Waals surface area contributed by atoms with Gasteiger partial charge in [-0.1, -0.05) is 42.5 Å². The fraction of sp³-hybridized carbons (Fsp3) is 0.100. The predicted octanol–water partition coefficient (Wildman–Crippen LogP) is 4.09. The number of amides is 1. The minimum atomic E-state index is -1.29. The second kappa shape index (κ2) is 6.86. The van der Waals surface area contributed by atoms with E-state index in [0.29, 0.717) is 16.6 Å². The molecule has 0 radical (unpaired) electrons. The van der Waals surface area contributed by atoms with Crippen molar-refractivity contribution in [3.8, 4) is 0 Å². The molecule has 0 aliphatic heterocycles. The molecule has 136 valence electrons. The highest BCUT2D eigenvalue weighted by Crippen LogP contribution is 2.39. The number of carbonyl (C=O) groups excluding carboxylic acids is 1. The number of aromatic nitrogens is 2. The van der Waals surface area contributed by atoms with Gasteiger partial charge in [-0.3, -0.25) is 5.32 Å². The van der Waals surface area contributed by atoms with E-state index in [1.165, 1.54) is 18.4 Å². The van der Waals surface area contributed by atoms with Gasteiger partial charge in [0, 0.05) is 4.88 Å². The molecule has 0 aliphatic rings. The zero-order chi connectivity index (χ0) is 18.9. The van der Waals surface area contributed by atoms with Gasteiger partial charge in [0.15, 0.2) is 0 Å². The molecule has 0 saturated heterocycles. The number of hydrogen-bond donors (Lipinski definition) is 3. The maximum Gasteiger partial charge on any atom is 0.413 e.